The maximum absolute atomic E-state index is 12.0. The Morgan fingerprint density at radius 2 is 2.00 bits per heavy atom. The molecule has 0 saturated heterocycles. The van der Waals surface area contributed by atoms with Gasteiger partial charge in [-0.25, -0.2) is 4.79 Å². The van der Waals surface area contributed by atoms with Gasteiger partial charge in [-0.15, -0.1) is 13.2 Å². The van der Waals surface area contributed by atoms with Gasteiger partial charge in [-0.05, 0) is 17.7 Å². The fourth-order valence-corrected chi connectivity index (χ4v) is 1.20. The number of hydrogen-bond acceptors (Lipinski definition) is 5. The highest BCUT2D eigenvalue weighted by Crippen LogP contribution is 2.29. The van der Waals surface area contributed by atoms with Crippen LogP contribution < -0.4 is 16.0 Å². The van der Waals surface area contributed by atoms with Crippen molar-refractivity contribution in [1.82, 2.24) is 0 Å². The molecule has 0 fully saturated rings. The number of ether oxygens (including phenoxy) is 1. The second-order valence-electron chi connectivity index (χ2n) is 3.22. The molecular weight excluding hydrogens is 257 g/mol. The van der Waals surface area contributed by atoms with Crippen molar-refractivity contribution in [3.05, 3.63) is 23.8 Å². The number of carboxylic acid groups (broad SMARTS) is 1. The third-order valence-corrected chi connectivity index (χ3v) is 1.88. The number of anilines is 1. The van der Waals surface area contributed by atoms with Crippen LogP contribution in [0.25, 0.3) is 0 Å². The van der Waals surface area contributed by atoms with Gasteiger partial charge in [0.15, 0.2) is 6.10 Å². The molecule has 1 rings (SSSR count). The van der Waals surface area contributed by atoms with E-state index in [1.54, 1.807) is 0 Å². The minimum absolute atomic E-state index is 0.0351. The summed E-state index contributed by atoms with van der Waals surface area (Å²) < 4.78 is 39.7. The number of benzene rings is 1. The monoisotopic (exact) mass is 266 g/mol. The van der Waals surface area contributed by atoms with Crippen LogP contribution >= 0.6 is 0 Å². The summed E-state index contributed by atoms with van der Waals surface area (Å²) in [6.07, 6.45) is -6.91. The molecule has 0 aliphatic carbocycles. The van der Waals surface area contributed by atoms with Gasteiger partial charge in [0, 0.05) is 6.07 Å². The zero-order chi connectivity index (χ0) is 13.9. The summed E-state index contributed by atoms with van der Waals surface area (Å²) in [7, 11) is 0. The second-order valence-corrected chi connectivity index (χ2v) is 3.22. The molecule has 5 N–H and O–H groups in total. The summed E-state index contributed by atoms with van der Waals surface area (Å²) in [5, 5.41) is 17.8. The molecule has 0 aliphatic rings. The average molecular weight is 266 g/mol. The van der Waals surface area contributed by atoms with E-state index in [2.05, 4.69) is 4.74 Å². The van der Waals surface area contributed by atoms with E-state index >= 15 is 0 Å². The second kappa shape index (κ2) is 5.10. The number of alkyl halides is 3. The Balaban J connectivity index is 3.13. The molecule has 0 aromatic heterocycles. The van der Waals surface area contributed by atoms with Crippen LogP contribution in [0.15, 0.2) is 18.2 Å². The average Bonchev–Trinajstić information content (AvgIpc) is 2.24. The molecule has 0 bridgehead atoms. The predicted molar refractivity (Wildman–Crippen MR) is 53.5 cm³/mol. The van der Waals surface area contributed by atoms with E-state index in [1.807, 2.05) is 5.43 Å². The molecule has 18 heavy (non-hydrogen) atoms. The fourth-order valence-electron chi connectivity index (χ4n) is 1.20. The van der Waals surface area contributed by atoms with Crippen molar-refractivity contribution in [2.75, 3.05) is 5.43 Å². The number of carboxylic acids is 1. The van der Waals surface area contributed by atoms with Gasteiger partial charge < -0.3 is 20.4 Å². The Bertz CT molecular complexity index is 450. The van der Waals surface area contributed by atoms with Gasteiger partial charge in [0.05, 0.1) is 5.69 Å². The molecule has 0 saturated carbocycles. The smallest absolute Gasteiger partial charge is 0.479 e. The number of carbonyl (C=O) groups is 1. The molecule has 9 heteroatoms. The first kappa shape index (κ1) is 14.1. The lowest BCUT2D eigenvalue weighted by Gasteiger charge is -2.13. The maximum atomic E-state index is 12.0. The largest absolute Gasteiger partial charge is 0.573 e. The van der Waals surface area contributed by atoms with Crippen molar-refractivity contribution in [2.24, 2.45) is 5.84 Å². The Morgan fingerprint density at radius 1 is 1.39 bits per heavy atom. The summed E-state index contributed by atoms with van der Waals surface area (Å²) in [6, 6.07) is 2.75. The fraction of sp³-hybridized carbons (Fsp3) is 0.222. The number of nitrogens with one attached hydrogen (secondary N) is 1. The van der Waals surface area contributed by atoms with Gasteiger partial charge in [-0.3, -0.25) is 5.84 Å². The van der Waals surface area contributed by atoms with E-state index in [4.69, 9.17) is 10.9 Å². The number of rotatable bonds is 4. The van der Waals surface area contributed by atoms with Gasteiger partial charge in [0.2, 0.25) is 0 Å². The predicted octanol–water partition coefficient (Wildman–Crippen LogP) is 0.989. The standard InChI is InChI=1S/C9H9F3N2O4/c10-9(11,12)18-6-2-4(7(15)8(16)17)1-5(3-6)14-13/h1-3,7,14-15H,13H2,(H,16,17). The zero-order valence-corrected chi connectivity index (χ0v) is 8.73. The van der Waals surface area contributed by atoms with Crippen LogP contribution in [0.3, 0.4) is 0 Å². The highest BCUT2D eigenvalue weighted by Gasteiger charge is 2.31. The Kier molecular flexibility index (Phi) is 3.99. The van der Waals surface area contributed by atoms with E-state index in [1.165, 1.54) is 0 Å². The van der Waals surface area contributed by atoms with Crippen LogP contribution in [-0.4, -0.2) is 22.5 Å². The number of halogens is 3. The van der Waals surface area contributed by atoms with Crippen LogP contribution in [-0.2, 0) is 4.79 Å². The summed E-state index contributed by atoms with van der Waals surface area (Å²) in [4.78, 5) is 10.5. The maximum Gasteiger partial charge on any atom is 0.573 e. The number of nitrogen functional groups attached to an aromatic ring is 1. The van der Waals surface area contributed by atoms with Crippen LogP contribution in [0, 0.1) is 0 Å². The van der Waals surface area contributed by atoms with Crippen molar-refractivity contribution in [3.8, 4) is 5.75 Å². The van der Waals surface area contributed by atoms with E-state index in [9.17, 15) is 23.1 Å². The molecule has 1 aromatic rings. The van der Waals surface area contributed by atoms with Gasteiger partial charge in [-0.1, -0.05) is 0 Å². The first-order valence-corrected chi connectivity index (χ1v) is 4.51. The lowest BCUT2D eigenvalue weighted by Crippen LogP contribution is -2.18. The molecule has 0 aliphatic heterocycles. The van der Waals surface area contributed by atoms with Crippen LogP contribution in [0.5, 0.6) is 5.75 Å². The van der Waals surface area contributed by atoms with E-state index in [-0.39, 0.29) is 11.3 Å². The van der Waals surface area contributed by atoms with E-state index in [0.717, 1.165) is 18.2 Å². The van der Waals surface area contributed by atoms with E-state index in [0.29, 0.717) is 0 Å². The summed E-state index contributed by atoms with van der Waals surface area (Å²) >= 11 is 0. The molecule has 1 aromatic carbocycles. The highest BCUT2D eigenvalue weighted by molar-refractivity contribution is 5.75. The van der Waals surface area contributed by atoms with Gasteiger partial charge >= 0.3 is 12.3 Å². The summed E-state index contributed by atoms with van der Waals surface area (Å²) in [5.74, 6) is 2.72. The third kappa shape index (κ3) is 3.79. The molecule has 0 heterocycles. The molecular formula is C9H9F3N2O4. The Hall–Kier alpha value is -2.00. The first-order chi connectivity index (χ1) is 8.23. The van der Waals surface area contributed by atoms with Crippen molar-refractivity contribution < 1.29 is 32.9 Å². The normalized spacial score (nSPS) is 12.9. The minimum Gasteiger partial charge on any atom is -0.479 e. The number of aliphatic carboxylic acids is 1. The van der Waals surface area contributed by atoms with Crippen molar-refractivity contribution in [2.45, 2.75) is 12.5 Å². The molecule has 0 spiro atoms. The van der Waals surface area contributed by atoms with Crippen LogP contribution in [0.4, 0.5) is 18.9 Å². The number of hydrazine groups is 1. The van der Waals surface area contributed by atoms with Gasteiger partial charge in [-0.2, -0.15) is 0 Å². The molecule has 1 atom stereocenters. The van der Waals surface area contributed by atoms with Crippen molar-refractivity contribution in [3.63, 3.8) is 0 Å². The van der Waals surface area contributed by atoms with Crippen LogP contribution in [0.1, 0.15) is 11.7 Å². The number of hydrogen-bond donors (Lipinski definition) is 4. The Labute approximate surface area is 98.7 Å². The SMILES string of the molecule is NNc1cc(OC(F)(F)F)cc(C(O)C(=O)O)c1. The zero-order valence-electron chi connectivity index (χ0n) is 8.73. The highest BCUT2D eigenvalue weighted by atomic mass is 19.4. The summed E-state index contributed by atoms with van der Waals surface area (Å²) in [6.45, 7) is 0. The van der Waals surface area contributed by atoms with Gasteiger partial charge in [0.1, 0.15) is 5.75 Å². The molecule has 6 nitrogen and oxygen atoms in total. The Morgan fingerprint density at radius 3 is 2.44 bits per heavy atom. The molecule has 1 unspecified atom stereocenters. The van der Waals surface area contributed by atoms with Crippen molar-refractivity contribution in [1.29, 1.82) is 0 Å². The lowest BCUT2D eigenvalue weighted by molar-refractivity contribution is -0.274. The van der Waals surface area contributed by atoms with Gasteiger partial charge in [0.25, 0.3) is 0 Å². The minimum atomic E-state index is -4.93. The molecule has 0 radical (unpaired) electrons. The summed E-state index contributed by atoms with van der Waals surface area (Å²) in [5.41, 5.74) is 1.71. The lowest BCUT2D eigenvalue weighted by atomic mass is 10.1. The first-order valence-electron chi connectivity index (χ1n) is 4.51. The number of aliphatic hydroxyl groups is 1. The van der Waals surface area contributed by atoms with Crippen LogP contribution in [0.2, 0.25) is 0 Å². The third-order valence-electron chi connectivity index (χ3n) is 1.88. The van der Waals surface area contributed by atoms with E-state index < -0.39 is 24.2 Å². The number of aliphatic hydroxyl groups excluding tert-OH is 1. The number of nitrogens with two attached hydrogens (primary N) is 1. The van der Waals surface area contributed by atoms with Crippen molar-refractivity contribution >= 4 is 11.7 Å². The quantitative estimate of drug-likeness (QED) is 0.478. The molecule has 100 valence electrons. The molecule has 0 amide bonds. The topological polar surface area (TPSA) is 105 Å².